The SMILES string of the molecule is Cc1cc(Cl)c(CSc2ccc(F)cc2N)c(Cl)n1. The van der Waals surface area contributed by atoms with E-state index >= 15 is 0 Å². The first kappa shape index (κ1) is 14.4. The number of nitrogens with zero attached hydrogens (tertiary/aromatic N) is 1. The highest BCUT2D eigenvalue weighted by Crippen LogP contribution is 2.33. The molecule has 2 rings (SSSR count). The summed E-state index contributed by atoms with van der Waals surface area (Å²) >= 11 is 13.6. The average molecular weight is 317 g/mol. The van der Waals surface area contributed by atoms with Crippen LogP contribution in [0, 0.1) is 12.7 Å². The number of nitrogen functional groups attached to an aromatic ring is 1. The summed E-state index contributed by atoms with van der Waals surface area (Å²) in [4.78, 5) is 4.95. The molecule has 1 heterocycles. The third-order valence-corrected chi connectivity index (χ3v) is 4.26. The first-order chi connectivity index (χ1) is 8.97. The van der Waals surface area contributed by atoms with Crippen molar-refractivity contribution in [2.45, 2.75) is 17.6 Å². The highest BCUT2D eigenvalue weighted by atomic mass is 35.5. The Morgan fingerprint density at radius 1 is 1.32 bits per heavy atom. The van der Waals surface area contributed by atoms with Crippen molar-refractivity contribution in [2.24, 2.45) is 0 Å². The Labute approximate surface area is 125 Å². The Hall–Kier alpha value is -0.970. The maximum Gasteiger partial charge on any atom is 0.134 e. The number of rotatable bonds is 3. The zero-order chi connectivity index (χ0) is 14.0. The van der Waals surface area contributed by atoms with Crippen LogP contribution in [-0.4, -0.2) is 4.98 Å². The first-order valence-corrected chi connectivity index (χ1v) is 7.21. The number of hydrogen-bond donors (Lipinski definition) is 1. The summed E-state index contributed by atoms with van der Waals surface area (Å²) in [5.74, 6) is 0.177. The second-order valence-electron chi connectivity index (χ2n) is 3.99. The Morgan fingerprint density at radius 2 is 2.05 bits per heavy atom. The summed E-state index contributed by atoms with van der Waals surface area (Å²) in [7, 11) is 0. The van der Waals surface area contributed by atoms with Crippen LogP contribution in [-0.2, 0) is 5.75 Å². The van der Waals surface area contributed by atoms with E-state index in [-0.39, 0.29) is 5.82 Å². The molecule has 0 saturated heterocycles. The van der Waals surface area contributed by atoms with Crippen LogP contribution in [0.2, 0.25) is 10.2 Å². The van der Waals surface area contributed by atoms with E-state index in [1.807, 2.05) is 6.92 Å². The van der Waals surface area contributed by atoms with Gasteiger partial charge in [0.25, 0.3) is 0 Å². The lowest BCUT2D eigenvalue weighted by Gasteiger charge is -2.09. The summed E-state index contributed by atoms with van der Waals surface area (Å²) in [5, 5.41) is 0.962. The van der Waals surface area contributed by atoms with Gasteiger partial charge >= 0.3 is 0 Å². The second-order valence-corrected chi connectivity index (χ2v) is 5.77. The molecular formula is C13H11Cl2FN2S. The fraction of sp³-hybridized carbons (Fsp3) is 0.154. The van der Waals surface area contributed by atoms with Crippen molar-refractivity contribution in [1.82, 2.24) is 4.98 Å². The molecule has 0 atom stereocenters. The van der Waals surface area contributed by atoms with Gasteiger partial charge in [0.05, 0.1) is 0 Å². The van der Waals surface area contributed by atoms with E-state index in [0.717, 1.165) is 16.2 Å². The van der Waals surface area contributed by atoms with Crippen LogP contribution in [0.3, 0.4) is 0 Å². The molecule has 0 aliphatic rings. The van der Waals surface area contributed by atoms with Crippen molar-refractivity contribution in [3.8, 4) is 0 Å². The fourth-order valence-corrected chi connectivity index (χ4v) is 3.36. The van der Waals surface area contributed by atoms with Gasteiger partial charge in [0.2, 0.25) is 0 Å². The van der Waals surface area contributed by atoms with E-state index in [9.17, 15) is 4.39 Å². The van der Waals surface area contributed by atoms with E-state index in [0.29, 0.717) is 21.6 Å². The highest BCUT2D eigenvalue weighted by molar-refractivity contribution is 7.98. The molecular weight excluding hydrogens is 306 g/mol. The first-order valence-electron chi connectivity index (χ1n) is 5.46. The molecule has 2 N–H and O–H groups in total. The lowest BCUT2D eigenvalue weighted by atomic mass is 10.3. The van der Waals surface area contributed by atoms with Crippen LogP contribution in [0.4, 0.5) is 10.1 Å². The summed E-state index contributed by atoms with van der Waals surface area (Å²) < 4.78 is 12.9. The highest BCUT2D eigenvalue weighted by Gasteiger charge is 2.10. The third-order valence-electron chi connectivity index (χ3n) is 2.49. The van der Waals surface area contributed by atoms with Crippen molar-refractivity contribution >= 4 is 40.7 Å². The molecule has 1 aromatic carbocycles. The number of hydrogen-bond acceptors (Lipinski definition) is 3. The van der Waals surface area contributed by atoms with E-state index in [4.69, 9.17) is 28.9 Å². The second kappa shape index (κ2) is 5.99. The summed E-state index contributed by atoms with van der Waals surface area (Å²) in [5.41, 5.74) is 7.66. The van der Waals surface area contributed by atoms with Crippen LogP contribution >= 0.6 is 35.0 Å². The minimum Gasteiger partial charge on any atom is -0.398 e. The van der Waals surface area contributed by atoms with Crippen molar-refractivity contribution in [1.29, 1.82) is 0 Å². The molecule has 0 amide bonds. The van der Waals surface area contributed by atoms with Crippen LogP contribution in [0.25, 0.3) is 0 Å². The van der Waals surface area contributed by atoms with Gasteiger partial charge in [-0.05, 0) is 31.2 Å². The summed E-state index contributed by atoms with van der Waals surface area (Å²) in [6.07, 6.45) is 0. The fourth-order valence-electron chi connectivity index (χ4n) is 1.55. The van der Waals surface area contributed by atoms with Crippen LogP contribution in [0.5, 0.6) is 0 Å². The van der Waals surface area contributed by atoms with Gasteiger partial charge in [-0.2, -0.15) is 0 Å². The van der Waals surface area contributed by atoms with Gasteiger partial charge in [0.1, 0.15) is 11.0 Å². The number of benzene rings is 1. The molecule has 1 aromatic heterocycles. The molecule has 0 unspecified atom stereocenters. The topological polar surface area (TPSA) is 38.9 Å². The Kier molecular flexibility index (Phi) is 4.55. The van der Waals surface area contributed by atoms with Crippen molar-refractivity contribution in [3.63, 3.8) is 0 Å². The minimum atomic E-state index is -0.352. The van der Waals surface area contributed by atoms with Crippen molar-refractivity contribution < 1.29 is 4.39 Å². The van der Waals surface area contributed by atoms with E-state index < -0.39 is 0 Å². The number of pyridine rings is 1. The molecule has 0 saturated carbocycles. The number of nitrogens with two attached hydrogens (primary N) is 1. The smallest absolute Gasteiger partial charge is 0.134 e. The molecule has 0 bridgehead atoms. The van der Waals surface area contributed by atoms with Gasteiger partial charge in [0.15, 0.2) is 0 Å². The van der Waals surface area contributed by atoms with Gasteiger partial charge < -0.3 is 5.73 Å². The molecule has 0 radical (unpaired) electrons. The minimum absolute atomic E-state index is 0.352. The van der Waals surface area contributed by atoms with E-state index in [1.165, 1.54) is 23.9 Å². The number of aryl methyl sites for hydroxylation is 1. The quantitative estimate of drug-likeness (QED) is 0.506. The van der Waals surface area contributed by atoms with Gasteiger partial charge in [0, 0.05) is 32.6 Å². The summed E-state index contributed by atoms with van der Waals surface area (Å²) in [6.45, 7) is 1.83. The number of anilines is 1. The zero-order valence-electron chi connectivity index (χ0n) is 10.1. The van der Waals surface area contributed by atoms with E-state index in [1.54, 1.807) is 12.1 Å². The lowest BCUT2D eigenvalue weighted by Crippen LogP contribution is -1.93. The van der Waals surface area contributed by atoms with Crippen molar-refractivity contribution in [3.05, 3.63) is 51.5 Å². The standard InChI is InChI=1S/C13H11Cl2FN2S/c1-7-4-10(14)9(13(15)18-7)6-19-12-3-2-8(16)5-11(12)17/h2-5H,6,17H2,1H3. The molecule has 0 aliphatic carbocycles. The lowest BCUT2D eigenvalue weighted by molar-refractivity contribution is 0.627. The largest absolute Gasteiger partial charge is 0.398 e. The van der Waals surface area contributed by atoms with Crippen LogP contribution < -0.4 is 5.73 Å². The molecule has 6 heteroatoms. The third kappa shape index (κ3) is 3.53. The van der Waals surface area contributed by atoms with Gasteiger partial charge in [-0.3, -0.25) is 0 Å². The van der Waals surface area contributed by atoms with Crippen LogP contribution in [0.1, 0.15) is 11.3 Å². The monoisotopic (exact) mass is 316 g/mol. The number of thioether (sulfide) groups is 1. The number of halogens is 3. The predicted octanol–water partition coefficient (Wildman–Crippen LogP) is 4.71. The van der Waals surface area contributed by atoms with Crippen LogP contribution in [0.15, 0.2) is 29.2 Å². The van der Waals surface area contributed by atoms with Gasteiger partial charge in [-0.1, -0.05) is 23.2 Å². The number of aromatic nitrogens is 1. The van der Waals surface area contributed by atoms with Gasteiger partial charge in [-0.25, -0.2) is 9.37 Å². The molecule has 2 aromatic rings. The molecule has 0 aliphatic heterocycles. The molecule has 0 fully saturated rings. The Bertz CT molecular complexity index is 597. The molecule has 2 nitrogen and oxygen atoms in total. The van der Waals surface area contributed by atoms with Gasteiger partial charge in [-0.15, -0.1) is 11.8 Å². The summed E-state index contributed by atoms with van der Waals surface area (Å²) in [6, 6.07) is 6.06. The Morgan fingerprint density at radius 3 is 2.68 bits per heavy atom. The normalized spacial score (nSPS) is 10.7. The molecule has 0 spiro atoms. The maximum absolute atomic E-state index is 12.9. The maximum atomic E-state index is 12.9. The predicted molar refractivity (Wildman–Crippen MR) is 79.4 cm³/mol. The molecule has 19 heavy (non-hydrogen) atoms. The molecule has 100 valence electrons. The van der Waals surface area contributed by atoms with E-state index in [2.05, 4.69) is 4.98 Å². The Balaban J connectivity index is 2.19. The zero-order valence-corrected chi connectivity index (χ0v) is 12.4. The average Bonchev–Trinajstić information content (AvgIpc) is 2.30. The van der Waals surface area contributed by atoms with Crippen molar-refractivity contribution in [2.75, 3.05) is 5.73 Å².